The molecule has 41 heavy (non-hydrogen) atoms. The molecule has 9 rings (SSSR count). The number of aryl methyl sites for hydroxylation is 1. The van der Waals surface area contributed by atoms with E-state index in [0.29, 0.717) is 0 Å². The fourth-order valence-corrected chi connectivity index (χ4v) is 6.98. The molecule has 8 heterocycles. The number of likely N-dealkylation sites (tertiary alicyclic amines) is 1. The maximum absolute atomic E-state index is 2.69. The molecule has 0 amide bonds. The molecule has 0 N–H and O–H groups in total. The Kier molecular flexibility index (Phi) is 32.1. The van der Waals surface area contributed by atoms with Crippen LogP contribution in [0.4, 0.5) is 0 Å². The molecule has 7 saturated heterocycles. The summed E-state index contributed by atoms with van der Waals surface area (Å²) in [6, 6.07) is 4.00. The molecule has 8 fully saturated rings. The van der Waals surface area contributed by atoms with Gasteiger partial charge < -0.3 is 19.3 Å². The van der Waals surface area contributed by atoms with Crippen molar-refractivity contribution in [2.75, 3.05) is 59.4 Å². The molecular weight excluding hydrogens is 500 g/mol. The lowest BCUT2D eigenvalue weighted by Gasteiger charge is -2.51. The second kappa shape index (κ2) is 28.0. The lowest BCUT2D eigenvalue weighted by atomic mass is 9.68. The number of hydrogen-bond acceptors (Lipinski definition) is 3. The van der Waals surface area contributed by atoms with Crippen molar-refractivity contribution in [3.63, 3.8) is 0 Å². The smallest absolute Gasteiger partial charge is 0.0106 e. The van der Waals surface area contributed by atoms with Crippen LogP contribution in [0.5, 0.6) is 0 Å². The van der Waals surface area contributed by atoms with Crippen LogP contribution in [0.1, 0.15) is 129 Å². The lowest BCUT2D eigenvalue weighted by molar-refractivity contribution is -0.0169. The minimum Gasteiger partial charge on any atom is -0.357 e. The molecule has 0 spiro atoms. The maximum atomic E-state index is 2.69. The van der Waals surface area contributed by atoms with Gasteiger partial charge in [-0.25, -0.2) is 0 Å². The van der Waals surface area contributed by atoms with E-state index in [0.717, 1.165) is 23.7 Å². The van der Waals surface area contributed by atoms with Crippen LogP contribution in [0.3, 0.4) is 0 Å². The first-order chi connectivity index (χ1) is 17.6. The minimum absolute atomic E-state index is 0. The first kappa shape index (κ1) is 47.1. The van der Waals surface area contributed by atoms with Crippen molar-refractivity contribution >= 4 is 0 Å². The fourth-order valence-electron chi connectivity index (χ4n) is 6.98. The summed E-state index contributed by atoms with van der Waals surface area (Å²) in [5, 5.41) is 0. The Labute approximate surface area is 262 Å². The number of aromatic nitrogens is 1. The molecule has 1 aliphatic carbocycles. The van der Waals surface area contributed by atoms with Gasteiger partial charge in [0.25, 0.3) is 0 Å². The molecule has 4 heteroatoms. The van der Waals surface area contributed by atoms with Crippen LogP contribution in [0, 0.1) is 23.7 Å². The Hall–Kier alpha value is -0.840. The molecule has 7 aliphatic heterocycles. The molecule has 1 aromatic heterocycles. The van der Waals surface area contributed by atoms with Crippen LogP contribution < -0.4 is 0 Å². The van der Waals surface area contributed by atoms with Crippen LogP contribution in [0.2, 0.25) is 0 Å². The zero-order valence-corrected chi connectivity index (χ0v) is 25.1. The summed E-state index contributed by atoms with van der Waals surface area (Å²) in [6.45, 7) is 19.1. The highest BCUT2D eigenvalue weighted by Crippen LogP contribution is 2.42. The predicted octanol–water partition coefficient (Wildman–Crippen LogP) is 10.2. The van der Waals surface area contributed by atoms with Crippen molar-refractivity contribution in [2.24, 2.45) is 30.7 Å². The highest BCUT2D eigenvalue weighted by atomic mass is 15.2. The van der Waals surface area contributed by atoms with Gasteiger partial charge in [0.2, 0.25) is 0 Å². The quantitative estimate of drug-likeness (QED) is 0.302. The van der Waals surface area contributed by atoms with Crippen molar-refractivity contribution in [1.82, 2.24) is 19.3 Å². The van der Waals surface area contributed by atoms with E-state index in [4.69, 9.17) is 0 Å². The lowest BCUT2D eigenvalue weighted by Crippen LogP contribution is -2.53. The molecule has 1 aromatic rings. The van der Waals surface area contributed by atoms with Crippen molar-refractivity contribution in [1.29, 1.82) is 0 Å². The molecule has 6 bridgehead atoms. The van der Waals surface area contributed by atoms with Gasteiger partial charge in [-0.2, -0.15) is 0 Å². The summed E-state index contributed by atoms with van der Waals surface area (Å²) < 4.78 is 2.00. The Bertz CT molecular complexity index is 533. The van der Waals surface area contributed by atoms with Crippen LogP contribution in [0.25, 0.3) is 0 Å². The molecule has 0 radical (unpaired) electrons. The Morgan fingerprint density at radius 3 is 1.05 bits per heavy atom. The second-order valence-corrected chi connectivity index (χ2v) is 11.7. The Morgan fingerprint density at radius 1 is 0.463 bits per heavy atom. The van der Waals surface area contributed by atoms with Gasteiger partial charge in [-0.05, 0) is 127 Å². The first-order valence-electron chi connectivity index (χ1n) is 15.8. The van der Waals surface area contributed by atoms with Crippen molar-refractivity contribution in [3.05, 3.63) is 24.5 Å². The third-order valence-electron chi connectivity index (χ3n) is 8.69. The molecule has 4 nitrogen and oxygen atoms in total. The van der Waals surface area contributed by atoms with E-state index in [-0.39, 0.29) is 37.1 Å². The Balaban J connectivity index is -0.000000208. The van der Waals surface area contributed by atoms with Crippen molar-refractivity contribution in [3.8, 4) is 0 Å². The molecule has 250 valence electrons. The number of hydrogen-bond donors (Lipinski definition) is 0. The monoisotopic (exact) mass is 583 g/mol. The van der Waals surface area contributed by atoms with Gasteiger partial charge in [0.15, 0.2) is 0 Å². The zero-order chi connectivity index (χ0) is 26.2. The third kappa shape index (κ3) is 18.4. The predicted molar refractivity (Wildman–Crippen MR) is 192 cm³/mol. The topological polar surface area (TPSA) is 14.7 Å². The first-order valence-corrected chi connectivity index (χ1v) is 15.8. The van der Waals surface area contributed by atoms with E-state index in [1.54, 1.807) is 19.3 Å². The van der Waals surface area contributed by atoms with Crippen LogP contribution in [-0.2, 0) is 7.05 Å². The SMILES string of the molecule is C.C.C.C.C.C1C2CC3CC1CN(C2)C3.C1CN2CCC1CC2.CC.CC.CN1CCCCCC1.Cn1cccc1. The summed E-state index contributed by atoms with van der Waals surface area (Å²) in [7, 11) is 4.21. The van der Waals surface area contributed by atoms with E-state index in [1.807, 2.05) is 63.8 Å². The summed E-state index contributed by atoms with van der Waals surface area (Å²) >= 11 is 0. The van der Waals surface area contributed by atoms with Gasteiger partial charge in [0, 0.05) is 39.1 Å². The van der Waals surface area contributed by atoms with Crippen molar-refractivity contribution in [2.45, 2.75) is 129 Å². The highest BCUT2D eigenvalue weighted by molar-refractivity contribution is 4.93. The highest BCUT2D eigenvalue weighted by Gasteiger charge is 2.40. The maximum Gasteiger partial charge on any atom is 0.0106 e. The molecule has 0 atom stereocenters. The fraction of sp³-hybridized carbons (Fsp3) is 0.892. The normalized spacial score (nSPS) is 29.3. The van der Waals surface area contributed by atoms with Crippen LogP contribution >= 0.6 is 0 Å². The van der Waals surface area contributed by atoms with Crippen LogP contribution in [-0.4, -0.2) is 78.7 Å². The van der Waals surface area contributed by atoms with E-state index in [2.05, 4.69) is 21.7 Å². The Morgan fingerprint density at radius 2 is 0.829 bits per heavy atom. The molecular formula is C37H82N4. The standard InChI is InChI=1S/C9H15N.C7H13N.C7H15N.C5H7N.2C2H6.5CH4/c1-7-2-9-3-8(1)5-10(4-7)6-9;1-4-8-5-2-7(1)3-6-8;1-8-6-4-2-3-5-7-8;1-6-4-2-3-5-6;2*1-2;;;;;/h7-9H,1-6H2;7H,1-6H2;2-7H2,1H3;2-5H,1H3;2*1-2H3;5*1H4. The zero-order valence-electron chi connectivity index (χ0n) is 25.1. The molecule has 0 aromatic carbocycles. The number of fused-ring (bicyclic) bond motifs is 3. The van der Waals surface area contributed by atoms with Gasteiger partial charge in [0.05, 0.1) is 0 Å². The summed E-state index contributed by atoms with van der Waals surface area (Å²) in [5.74, 6) is 4.42. The van der Waals surface area contributed by atoms with Gasteiger partial charge in [-0.15, -0.1) is 0 Å². The average molecular weight is 583 g/mol. The summed E-state index contributed by atoms with van der Waals surface area (Å²) in [6.07, 6.45) is 18.9. The molecule has 1 saturated carbocycles. The number of nitrogens with zero attached hydrogens (tertiary/aromatic N) is 4. The second-order valence-electron chi connectivity index (χ2n) is 11.7. The average Bonchev–Trinajstić information content (AvgIpc) is 3.28. The largest absolute Gasteiger partial charge is 0.357 e. The van der Waals surface area contributed by atoms with E-state index >= 15 is 0 Å². The van der Waals surface area contributed by atoms with Gasteiger partial charge in [-0.3, -0.25) is 0 Å². The third-order valence-corrected chi connectivity index (χ3v) is 8.69. The van der Waals surface area contributed by atoms with E-state index in [9.17, 15) is 0 Å². The van der Waals surface area contributed by atoms with Crippen molar-refractivity contribution < 1.29 is 0 Å². The molecule has 8 aliphatic rings. The van der Waals surface area contributed by atoms with Gasteiger partial charge in [-0.1, -0.05) is 77.7 Å². The summed E-state index contributed by atoms with van der Waals surface area (Å²) in [4.78, 5) is 7.70. The van der Waals surface area contributed by atoms with E-state index in [1.165, 1.54) is 97.3 Å². The number of piperidine rings is 6. The van der Waals surface area contributed by atoms with Gasteiger partial charge >= 0.3 is 0 Å². The van der Waals surface area contributed by atoms with Crippen LogP contribution in [0.15, 0.2) is 24.5 Å². The molecule has 0 unspecified atom stereocenters. The number of rotatable bonds is 0. The summed E-state index contributed by atoms with van der Waals surface area (Å²) in [5.41, 5.74) is 0. The van der Waals surface area contributed by atoms with E-state index < -0.39 is 0 Å². The van der Waals surface area contributed by atoms with Gasteiger partial charge in [0.1, 0.15) is 0 Å². The minimum atomic E-state index is 0.